The molecule has 5 atom stereocenters. The first-order valence-corrected chi connectivity index (χ1v) is 11.1. The lowest BCUT2D eigenvalue weighted by molar-refractivity contribution is -0.145. The fourth-order valence-corrected chi connectivity index (χ4v) is 6.04. The number of carbonyl (C=O) groups is 3. The zero-order chi connectivity index (χ0) is 24.1. The number of benzene rings is 1. The normalized spacial score (nSPS) is 32.4. The van der Waals surface area contributed by atoms with Crippen molar-refractivity contribution in [3.05, 3.63) is 42.0 Å². The molecule has 0 radical (unpaired) electrons. The summed E-state index contributed by atoms with van der Waals surface area (Å²) in [7, 11) is 1.15. The highest BCUT2D eigenvalue weighted by Crippen LogP contribution is 2.64. The van der Waals surface area contributed by atoms with Crippen molar-refractivity contribution in [3.63, 3.8) is 0 Å². The van der Waals surface area contributed by atoms with Crippen LogP contribution in [0.15, 0.2) is 36.4 Å². The molecule has 8 heteroatoms. The summed E-state index contributed by atoms with van der Waals surface area (Å²) in [6.45, 7) is 5.93. The molecule has 1 spiro atoms. The number of carbonyl (C=O) groups excluding carboxylic acids is 3. The molecule has 3 unspecified atom stereocenters. The summed E-state index contributed by atoms with van der Waals surface area (Å²) in [5.41, 5.74) is -1.05. The Morgan fingerprint density at radius 1 is 1.30 bits per heavy atom. The second-order valence-corrected chi connectivity index (χ2v) is 9.62. The molecule has 3 saturated carbocycles. The molecule has 33 heavy (non-hydrogen) atoms. The van der Waals surface area contributed by atoms with Crippen LogP contribution in [0.25, 0.3) is 0 Å². The van der Waals surface area contributed by atoms with E-state index in [-0.39, 0.29) is 41.7 Å². The van der Waals surface area contributed by atoms with Crippen LogP contribution in [0.3, 0.4) is 0 Å². The third-order valence-corrected chi connectivity index (χ3v) is 8.05. The molecular weight excluding hydrogens is 426 g/mol. The van der Waals surface area contributed by atoms with E-state index in [2.05, 4.69) is 16.6 Å². The molecule has 1 aromatic carbocycles. The number of aromatic hydroxyl groups is 2. The number of amides is 1. The van der Waals surface area contributed by atoms with Gasteiger partial charge in [0.2, 0.25) is 5.91 Å². The maximum absolute atomic E-state index is 13.0. The van der Waals surface area contributed by atoms with E-state index >= 15 is 0 Å². The SMILES string of the molecule is C=C1C2CCC3(C=CC(=O)[C@@](C)(CCC(=O)Nc4c(O)ccc(C(=O)OC)c4O)C3C2)[C@H]1O. The molecule has 1 aromatic rings. The van der Waals surface area contributed by atoms with Gasteiger partial charge in [-0.15, -0.1) is 0 Å². The van der Waals surface area contributed by atoms with E-state index < -0.39 is 40.3 Å². The number of aliphatic hydroxyl groups is 1. The van der Waals surface area contributed by atoms with Crippen molar-refractivity contribution < 1.29 is 34.4 Å². The topological polar surface area (TPSA) is 133 Å². The average Bonchev–Trinajstić information content (AvgIpc) is 2.80. The highest BCUT2D eigenvalue weighted by molar-refractivity contribution is 6.01. The highest BCUT2D eigenvalue weighted by atomic mass is 16.5. The molecule has 0 heterocycles. The second-order valence-electron chi connectivity index (χ2n) is 9.62. The average molecular weight is 456 g/mol. The number of aliphatic hydroxyl groups excluding tert-OH is 1. The summed E-state index contributed by atoms with van der Waals surface area (Å²) in [6.07, 6.45) is 5.31. The van der Waals surface area contributed by atoms with Crippen LogP contribution in [0.2, 0.25) is 0 Å². The lowest BCUT2D eigenvalue weighted by Crippen LogP contribution is -2.60. The van der Waals surface area contributed by atoms with E-state index in [1.807, 2.05) is 13.0 Å². The summed E-state index contributed by atoms with van der Waals surface area (Å²) >= 11 is 0. The lowest BCUT2D eigenvalue weighted by Gasteiger charge is -2.61. The van der Waals surface area contributed by atoms with Crippen LogP contribution in [-0.2, 0) is 14.3 Å². The van der Waals surface area contributed by atoms with Gasteiger partial charge in [-0.25, -0.2) is 4.79 Å². The van der Waals surface area contributed by atoms with Crippen molar-refractivity contribution >= 4 is 23.3 Å². The van der Waals surface area contributed by atoms with Crippen LogP contribution < -0.4 is 5.32 Å². The Kier molecular flexibility index (Phi) is 5.60. The first-order chi connectivity index (χ1) is 15.5. The molecule has 0 aliphatic heterocycles. The number of rotatable bonds is 5. The predicted octanol–water partition coefficient (Wildman–Crippen LogP) is 3.08. The molecule has 176 valence electrons. The molecule has 3 fully saturated rings. The molecular formula is C25H29NO7. The number of ketones is 1. The molecule has 4 aliphatic carbocycles. The first kappa shape index (κ1) is 23.0. The third kappa shape index (κ3) is 3.44. The Labute approximate surface area is 191 Å². The number of anilines is 1. The summed E-state index contributed by atoms with van der Waals surface area (Å²) in [5.74, 6) is -2.35. The van der Waals surface area contributed by atoms with Crippen LogP contribution in [0.4, 0.5) is 5.69 Å². The highest BCUT2D eigenvalue weighted by Gasteiger charge is 2.62. The van der Waals surface area contributed by atoms with Crippen LogP contribution in [0, 0.1) is 22.7 Å². The Morgan fingerprint density at radius 2 is 2.03 bits per heavy atom. The number of esters is 1. The first-order valence-electron chi connectivity index (χ1n) is 11.1. The predicted molar refractivity (Wildman–Crippen MR) is 120 cm³/mol. The molecule has 0 aromatic heterocycles. The third-order valence-electron chi connectivity index (χ3n) is 8.05. The van der Waals surface area contributed by atoms with Crippen molar-refractivity contribution in [2.45, 2.75) is 45.1 Å². The molecule has 4 aliphatic rings. The summed E-state index contributed by atoms with van der Waals surface area (Å²) in [6, 6.07) is 2.37. The molecule has 5 rings (SSSR count). The van der Waals surface area contributed by atoms with Gasteiger partial charge in [0.25, 0.3) is 0 Å². The minimum absolute atomic E-state index is 0.0499. The number of ether oxygens (including phenoxy) is 1. The van der Waals surface area contributed by atoms with Gasteiger partial charge in [-0.1, -0.05) is 19.6 Å². The summed E-state index contributed by atoms with van der Waals surface area (Å²) in [4.78, 5) is 37.6. The van der Waals surface area contributed by atoms with E-state index in [9.17, 15) is 29.7 Å². The van der Waals surface area contributed by atoms with E-state index in [1.165, 1.54) is 18.2 Å². The van der Waals surface area contributed by atoms with Crippen molar-refractivity contribution in [2.24, 2.45) is 22.7 Å². The fraction of sp³-hybridized carbons (Fsp3) is 0.480. The number of phenols is 2. The van der Waals surface area contributed by atoms with E-state index in [0.717, 1.165) is 31.9 Å². The van der Waals surface area contributed by atoms with Gasteiger partial charge < -0.3 is 25.4 Å². The molecule has 0 saturated heterocycles. The molecule has 8 nitrogen and oxygen atoms in total. The fourth-order valence-electron chi connectivity index (χ4n) is 6.04. The zero-order valence-corrected chi connectivity index (χ0v) is 18.8. The zero-order valence-electron chi connectivity index (χ0n) is 18.8. The number of hydrogen-bond acceptors (Lipinski definition) is 7. The largest absolute Gasteiger partial charge is 0.506 e. The molecule has 2 bridgehead atoms. The van der Waals surface area contributed by atoms with E-state index in [1.54, 1.807) is 0 Å². The van der Waals surface area contributed by atoms with Crippen molar-refractivity contribution in [1.82, 2.24) is 0 Å². The Hall–Kier alpha value is -3.13. The second kappa shape index (κ2) is 8.02. The minimum Gasteiger partial charge on any atom is -0.506 e. The maximum Gasteiger partial charge on any atom is 0.341 e. The Morgan fingerprint density at radius 3 is 2.73 bits per heavy atom. The van der Waals surface area contributed by atoms with Crippen LogP contribution in [0.5, 0.6) is 11.5 Å². The smallest absolute Gasteiger partial charge is 0.341 e. The monoisotopic (exact) mass is 455 g/mol. The number of hydrogen-bond donors (Lipinski definition) is 4. The number of fused-ring (bicyclic) bond motifs is 2. The maximum atomic E-state index is 13.0. The van der Waals surface area contributed by atoms with Gasteiger partial charge in [-0.2, -0.15) is 0 Å². The van der Waals surface area contributed by atoms with Gasteiger partial charge in [0, 0.05) is 17.3 Å². The van der Waals surface area contributed by atoms with Gasteiger partial charge in [0.15, 0.2) is 11.5 Å². The number of methoxy groups -OCH3 is 1. The van der Waals surface area contributed by atoms with Crippen LogP contribution >= 0.6 is 0 Å². The quantitative estimate of drug-likeness (QED) is 0.305. The van der Waals surface area contributed by atoms with Gasteiger partial charge >= 0.3 is 5.97 Å². The summed E-state index contributed by atoms with van der Waals surface area (Å²) < 4.78 is 4.60. The standard InChI is InChI=1S/C25H29NO7/c1-13-14-6-10-25(22(13)31)11-7-18(28)24(2,17(25)12-14)9-8-19(29)26-20-16(27)5-4-15(21(20)30)23(32)33-3/h4-5,7,11,14,17,22,27,30-31H,1,6,8-10,12H2,2-3H3,(H,26,29)/t14?,17?,22-,24-,25?/m0/s1. The number of phenolic OH excluding ortho intramolecular Hbond substituents is 2. The van der Waals surface area contributed by atoms with Gasteiger partial charge in [0.05, 0.1) is 13.2 Å². The van der Waals surface area contributed by atoms with Gasteiger partial charge in [-0.05, 0) is 61.3 Å². The lowest BCUT2D eigenvalue weighted by atomic mass is 9.43. The minimum atomic E-state index is -0.843. The summed E-state index contributed by atoms with van der Waals surface area (Å²) in [5, 5.41) is 33.8. The molecule has 1 amide bonds. The molecule has 4 N–H and O–H groups in total. The van der Waals surface area contributed by atoms with Crippen LogP contribution in [0.1, 0.15) is 49.4 Å². The Bertz CT molecular complexity index is 1080. The van der Waals surface area contributed by atoms with Crippen molar-refractivity contribution in [1.29, 1.82) is 0 Å². The van der Waals surface area contributed by atoms with E-state index in [0.29, 0.717) is 0 Å². The number of allylic oxidation sites excluding steroid dienone is 1. The Balaban J connectivity index is 1.53. The number of nitrogens with one attached hydrogen (secondary N) is 1. The van der Waals surface area contributed by atoms with Crippen molar-refractivity contribution in [2.75, 3.05) is 12.4 Å². The van der Waals surface area contributed by atoms with E-state index in [4.69, 9.17) is 0 Å². The van der Waals surface area contributed by atoms with Gasteiger partial charge in [-0.3, -0.25) is 9.59 Å². The van der Waals surface area contributed by atoms with Gasteiger partial charge in [0.1, 0.15) is 17.0 Å². The van der Waals surface area contributed by atoms with Crippen molar-refractivity contribution in [3.8, 4) is 11.5 Å². The van der Waals surface area contributed by atoms with Crippen LogP contribution in [-0.4, -0.2) is 46.2 Å².